The van der Waals surface area contributed by atoms with Crippen molar-refractivity contribution in [2.75, 3.05) is 33.0 Å². The molecule has 0 aliphatic rings. The topological polar surface area (TPSA) is 85.2 Å². The van der Waals surface area contributed by atoms with Crippen LogP contribution in [0.5, 0.6) is 0 Å². The van der Waals surface area contributed by atoms with Crippen molar-refractivity contribution in [3.05, 3.63) is 60.8 Å². The molecule has 0 heterocycles. The highest BCUT2D eigenvalue weighted by atomic mass is 16.7. The van der Waals surface area contributed by atoms with Gasteiger partial charge in [0.05, 0.1) is 26.4 Å². The minimum atomic E-state index is -1.34. The van der Waals surface area contributed by atoms with Crippen molar-refractivity contribution in [2.24, 2.45) is 0 Å². The molecule has 0 bridgehead atoms. The van der Waals surface area contributed by atoms with Crippen LogP contribution in [-0.2, 0) is 19.0 Å². The van der Waals surface area contributed by atoms with Crippen LogP contribution in [0, 0.1) is 0 Å². The van der Waals surface area contributed by atoms with E-state index >= 15 is 0 Å². The molecule has 0 fully saturated rings. The van der Waals surface area contributed by atoms with E-state index in [2.05, 4.69) is 19.1 Å². The smallest absolute Gasteiger partial charge is 0.333 e. The second-order valence-electron chi connectivity index (χ2n) is 7.86. The number of carbonyl (C=O) groups excluding carboxylic acids is 1. The third kappa shape index (κ3) is 26.3. The molecule has 2 N–H and O–H groups in total. The highest BCUT2D eigenvalue weighted by Gasteiger charge is 2.08. The molecule has 0 aromatic heterocycles. The summed E-state index contributed by atoms with van der Waals surface area (Å²) >= 11 is 0. The van der Waals surface area contributed by atoms with Crippen LogP contribution in [0.25, 0.3) is 0 Å². The monoisotopic (exact) mass is 478 g/mol. The van der Waals surface area contributed by atoms with Gasteiger partial charge in [-0.2, -0.15) is 0 Å². The SMILES string of the molecule is CCCCCCCCCCC/C=C/C=C/C=C/C=C/C=C/C(=O)OC(O)COCCOCCO. The fourth-order valence-electron chi connectivity index (χ4n) is 2.94. The largest absolute Gasteiger partial charge is 0.430 e. The van der Waals surface area contributed by atoms with Crippen LogP contribution in [0.2, 0.25) is 0 Å². The number of rotatable bonds is 23. The Morgan fingerprint density at radius 1 is 0.735 bits per heavy atom. The van der Waals surface area contributed by atoms with Gasteiger partial charge in [-0.25, -0.2) is 4.79 Å². The Morgan fingerprint density at radius 2 is 1.29 bits per heavy atom. The molecular weight excluding hydrogens is 432 g/mol. The Hall–Kier alpha value is -1.99. The highest BCUT2D eigenvalue weighted by Crippen LogP contribution is 2.10. The Balaban J connectivity index is 3.67. The van der Waals surface area contributed by atoms with E-state index < -0.39 is 12.3 Å². The van der Waals surface area contributed by atoms with Crippen LogP contribution in [0.4, 0.5) is 0 Å². The van der Waals surface area contributed by atoms with Crippen molar-refractivity contribution < 1.29 is 29.2 Å². The lowest BCUT2D eigenvalue weighted by Crippen LogP contribution is -2.23. The van der Waals surface area contributed by atoms with E-state index in [1.165, 1.54) is 69.9 Å². The lowest BCUT2D eigenvalue weighted by Gasteiger charge is -2.11. The molecule has 0 saturated carbocycles. The van der Waals surface area contributed by atoms with Gasteiger partial charge in [0.2, 0.25) is 6.29 Å². The molecule has 0 spiro atoms. The first kappa shape index (κ1) is 32.0. The van der Waals surface area contributed by atoms with Gasteiger partial charge in [-0.15, -0.1) is 0 Å². The van der Waals surface area contributed by atoms with Gasteiger partial charge in [0.1, 0.15) is 6.61 Å². The molecule has 34 heavy (non-hydrogen) atoms. The maximum Gasteiger partial charge on any atom is 0.333 e. The van der Waals surface area contributed by atoms with Crippen molar-refractivity contribution >= 4 is 5.97 Å². The fourth-order valence-corrected chi connectivity index (χ4v) is 2.94. The second kappa shape index (κ2) is 27.3. The first-order chi connectivity index (χ1) is 16.7. The third-order valence-electron chi connectivity index (χ3n) is 4.74. The lowest BCUT2D eigenvalue weighted by atomic mass is 10.1. The number of carbonyl (C=O) groups is 1. The maximum absolute atomic E-state index is 11.6. The van der Waals surface area contributed by atoms with Crippen molar-refractivity contribution in [3.8, 4) is 0 Å². The highest BCUT2D eigenvalue weighted by molar-refractivity contribution is 5.82. The quantitative estimate of drug-likeness (QED) is 0.0656. The standard InChI is InChI=1S/C28H46O6/c1-2-3-4-5-6-7-8-9-10-11-12-13-14-15-16-17-18-19-20-21-27(30)34-28(31)26-33-25-24-32-23-22-29/h12-21,28-29,31H,2-11,22-26H2,1H3/b13-12+,15-14+,17-16+,19-18+,21-20+. The molecule has 0 aliphatic heterocycles. The normalized spacial score (nSPS) is 13.4. The van der Waals surface area contributed by atoms with Gasteiger partial charge in [-0.1, -0.05) is 113 Å². The molecular formula is C28H46O6. The zero-order valence-corrected chi connectivity index (χ0v) is 21.0. The molecule has 1 unspecified atom stereocenters. The molecule has 0 amide bonds. The summed E-state index contributed by atoms with van der Waals surface area (Å²) in [5, 5.41) is 18.1. The Morgan fingerprint density at radius 3 is 1.94 bits per heavy atom. The van der Waals surface area contributed by atoms with E-state index in [4.69, 9.17) is 19.3 Å². The first-order valence-electron chi connectivity index (χ1n) is 12.7. The molecule has 194 valence electrons. The van der Waals surface area contributed by atoms with Crippen LogP contribution in [0.1, 0.15) is 71.1 Å². The number of aliphatic hydroxyl groups is 2. The summed E-state index contributed by atoms with van der Waals surface area (Å²) in [6.45, 7) is 2.84. The third-order valence-corrected chi connectivity index (χ3v) is 4.74. The minimum Gasteiger partial charge on any atom is -0.430 e. The molecule has 0 saturated heterocycles. The summed E-state index contributed by atoms with van der Waals surface area (Å²) in [7, 11) is 0. The van der Waals surface area contributed by atoms with Crippen LogP contribution < -0.4 is 0 Å². The van der Waals surface area contributed by atoms with Crippen LogP contribution in [0.3, 0.4) is 0 Å². The summed E-state index contributed by atoms with van der Waals surface area (Å²) < 4.78 is 14.9. The van der Waals surface area contributed by atoms with Gasteiger partial charge in [0.15, 0.2) is 0 Å². The molecule has 1 atom stereocenters. The van der Waals surface area contributed by atoms with Gasteiger partial charge in [-0.3, -0.25) is 0 Å². The number of allylic oxidation sites excluding steroid dienone is 9. The van der Waals surface area contributed by atoms with Gasteiger partial charge in [0.25, 0.3) is 0 Å². The van der Waals surface area contributed by atoms with Crippen molar-refractivity contribution in [1.82, 2.24) is 0 Å². The number of hydrogen-bond acceptors (Lipinski definition) is 6. The minimum absolute atomic E-state index is 0.0513. The fraction of sp³-hybridized carbons (Fsp3) is 0.607. The van der Waals surface area contributed by atoms with E-state index in [-0.39, 0.29) is 26.4 Å². The van der Waals surface area contributed by atoms with E-state index in [0.717, 1.165) is 6.42 Å². The predicted molar refractivity (Wildman–Crippen MR) is 138 cm³/mol. The molecule has 6 nitrogen and oxygen atoms in total. The van der Waals surface area contributed by atoms with E-state index in [1.807, 2.05) is 24.3 Å². The Bertz CT molecular complexity index is 592. The molecule has 0 aromatic rings. The maximum atomic E-state index is 11.6. The van der Waals surface area contributed by atoms with Crippen molar-refractivity contribution in [3.63, 3.8) is 0 Å². The Labute approximate surface area is 206 Å². The zero-order chi connectivity index (χ0) is 25.0. The molecule has 0 aliphatic carbocycles. The zero-order valence-electron chi connectivity index (χ0n) is 21.0. The predicted octanol–water partition coefficient (Wildman–Crippen LogP) is 5.58. The van der Waals surface area contributed by atoms with Gasteiger partial charge in [-0.05, 0) is 12.8 Å². The number of esters is 1. The summed E-state index contributed by atoms with van der Waals surface area (Å²) in [5.41, 5.74) is 0. The van der Waals surface area contributed by atoms with Gasteiger partial charge < -0.3 is 24.4 Å². The van der Waals surface area contributed by atoms with Gasteiger partial charge >= 0.3 is 5.97 Å². The number of aliphatic hydroxyl groups excluding tert-OH is 2. The average Bonchev–Trinajstić information content (AvgIpc) is 2.82. The van der Waals surface area contributed by atoms with Gasteiger partial charge in [0, 0.05) is 6.08 Å². The average molecular weight is 479 g/mol. The first-order valence-corrected chi connectivity index (χ1v) is 12.7. The Kier molecular flexibility index (Phi) is 25.7. The van der Waals surface area contributed by atoms with Crippen LogP contribution in [0.15, 0.2) is 60.8 Å². The summed E-state index contributed by atoms with van der Waals surface area (Å²) in [5.74, 6) is -0.654. The van der Waals surface area contributed by atoms with Crippen LogP contribution >= 0.6 is 0 Å². The van der Waals surface area contributed by atoms with E-state index in [1.54, 1.807) is 12.2 Å². The van der Waals surface area contributed by atoms with E-state index in [9.17, 15) is 9.90 Å². The van der Waals surface area contributed by atoms with Crippen molar-refractivity contribution in [1.29, 1.82) is 0 Å². The van der Waals surface area contributed by atoms with Crippen molar-refractivity contribution in [2.45, 2.75) is 77.4 Å². The van der Waals surface area contributed by atoms with Crippen LogP contribution in [-0.4, -0.2) is 55.5 Å². The summed E-state index contributed by atoms with van der Waals surface area (Å²) in [6, 6.07) is 0. The number of ether oxygens (including phenoxy) is 3. The second-order valence-corrected chi connectivity index (χ2v) is 7.86. The number of unbranched alkanes of at least 4 members (excludes halogenated alkanes) is 9. The number of hydrogen-bond donors (Lipinski definition) is 2. The lowest BCUT2D eigenvalue weighted by molar-refractivity contribution is -0.172. The summed E-state index contributed by atoms with van der Waals surface area (Å²) in [6.07, 6.45) is 30.3. The van der Waals surface area contributed by atoms with E-state index in [0.29, 0.717) is 6.61 Å². The molecule has 0 rings (SSSR count). The molecule has 0 aromatic carbocycles. The molecule has 0 radical (unpaired) electrons. The molecule has 6 heteroatoms. The summed E-state index contributed by atoms with van der Waals surface area (Å²) in [4.78, 5) is 11.6.